The third-order valence-electron chi connectivity index (χ3n) is 5.17. The van der Waals surface area contributed by atoms with E-state index in [9.17, 15) is 4.79 Å². The number of hydrogen-bond donors (Lipinski definition) is 1. The molecule has 1 spiro atoms. The molecule has 0 saturated carbocycles. The van der Waals surface area contributed by atoms with Gasteiger partial charge in [-0.25, -0.2) is 0 Å². The Hall–Kier alpha value is -2.28. The molecule has 0 unspecified atom stereocenters. The van der Waals surface area contributed by atoms with E-state index in [0.29, 0.717) is 11.0 Å². The van der Waals surface area contributed by atoms with Crippen LogP contribution in [0.1, 0.15) is 29.6 Å². The molecular weight excluding hydrogens is 292 g/mol. The van der Waals surface area contributed by atoms with Crippen molar-refractivity contribution in [3.8, 4) is 5.69 Å². The van der Waals surface area contributed by atoms with Crippen molar-refractivity contribution in [2.45, 2.75) is 19.3 Å². The molecule has 1 amide bonds. The lowest BCUT2D eigenvalue weighted by Gasteiger charge is -2.39. The molecule has 7 nitrogen and oxygen atoms in total. The largest absolute Gasteiger partial charge is 0.339 e. The molecule has 0 radical (unpaired) electrons. The van der Waals surface area contributed by atoms with E-state index in [1.54, 1.807) is 4.68 Å². The number of piperidine rings is 1. The summed E-state index contributed by atoms with van der Waals surface area (Å²) in [6, 6.07) is 7.49. The van der Waals surface area contributed by atoms with Crippen LogP contribution in [0.5, 0.6) is 0 Å². The lowest BCUT2D eigenvalue weighted by atomic mass is 9.78. The maximum atomic E-state index is 12.9. The molecule has 2 aromatic rings. The van der Waals surface area contributed by atoms with Crippen molar-refractivity contribution in [2.24, 2.45) is 5.41 Å². The molecule has 1 aromatic carbocycles. The van der Waals surface area contributed by atoms with Crippen LogP contribution in [-0.4, -0.2) is 57.2 Å². The molecule has 1 aromatic heterocycles. The van der Waals surface area contributed by atoms with E-state index in [4.69, 9.17) is 0 Å². The summed E-state index contributed by atoms with van der Waals surface area (Å²) >= 11 is 0. The van der Waals surface area contributed by atoms with Crippen LogP contribution in [-0.2, 0) is 0 Å². The maximum Gasteiger partial charge on any atom is 0.256 e. The molecule has 0 bridgehead atoms. The van der Waals surface area contributed by atoms with Crippen LogP contribution in [0, 0.1) is 5.41 Å². The highest BCUT2D eigenvalue weighted by Crippen LogP contribution is 2.37. The van der Waals surface area contributed by atoms with Crippen LogP contribution in [0.3, 0.4) is 0 Å². The second-order valence-electron chi connectivity index (χ2n) is 6.49. The first-order valence-electron chi connectivity index (χ1n) is 8.10. The first kappa shape index (κ1) is 14.3. The Balaban J connectivity index is 1.54. The van der Waals surface area contributed by atoms with E-state index in [1.807, 2.05) is 29.2 Å². The average Bonchev–Trinajstić information content (AvgIpc) is 3.27. The fourth-order valence-corrected chi connectivity index (χ4v) is 3.70. The second kappa shape index (κ2) is 5.73. The van der Waals surface area contributed by atoms with Gasteiger partial charge >= 0.3 is 0 Å². The first-order chi connectivity index (χ1) is 11.3. The van der Waals surface area contributed by atoms with Crippen LogP contribution in [0.4, 0.5) is 0 Å². The highest BCUT2D eigenvalue weighted by molar-refractivity contribution is 5.97. The summed E-state index contributed by atoms with van der Waals surface area (Å²) in [5, 5.41) is 14.7. The summed E-state index contributed by atoms with van der Waals surface area (Å²) in [6.45, 7) is 3.85. The van der Waals surface area contributed by atoms with Gasteiger partial charge in [0.05, 0.1) is 11.3 Å². The van der Waals surface area contributed by atoms with Crippen LogP contribution in [0.15, 0.2) is 30.6 Å². The number of nitrogens with zero attached hydrogens (tertiary/aromatic N) is 5. The summed E-state index contributed by atoms with van der Waals surface area (Å²) in [5.41, 5.74) is 1.79. The van der Waals surface area contributed by atoms with Crippen LogP contribution in [0.2, 0.25) is 0 Å². The fourth-order valence-electron chi connectivity index (χ4n) is 3.70. The summed E-state index contributed by atoms with van der Waals surface area (Å²) < 4.78 is 1.54. The minimum absolute atomic E-state index is 0.0666. The average molecular weight is 312 g/mol. The Labute approximate surface area is 134 Å². The number of hydrogen-bond acceptors (Lipinski definition) is 5. The Bertz CT molecular complexity index is 682. The minimum atomic E-state index is 0.0666. The van der Waals surface area contributed by atoms with Crippen molar-refractivity contribution in [2.75, 3.05) is 26.2 Å². The van der Waals surface area contributed by atoms with E-state index in [0.717, 1.165) is 44.7 Å². The molecule has 120 valence electrons. The van der Waals surface area contributed by atoms with Gasteiger partial charge in [-0.05, 0) is 53.8 Å². The Kier molecular flexibility index (Phi) is 3.57. The Morgan fingerprint density at radius 2 is 2.00 bits per heavy atom. The van der Waals surface area contributed by atoms with E-state index in [1.165, 1.54) is 12.7 Å². The molecule has 0 atom stereocenters. The number of aromatic nitrogens is 4. The molecule has 2 fully saturated rings. The van der Waals surface area contributed by atoms with E-state index in [2.05, 4.69) is 20.8 Å². The molecule has 2 saturated heterocycles. The quantitative estimate of drug-likeness (QED) is 0.891. The predicted octanol–water partition coefficient (Wildman–Crippen LogP) is 0.878. The monoisotopic (exact) mass is 312 g/mol. The van der Waals surface area contributed by atoms with Crippen LogP contribution < -0.4 is 5.32 Å². The van der Waals surface area contributed by atoms with Crippen LogP contribution in [0.25, 0.3) is 5.69 Å². The number of amides is 1. The maximum absolute atomic E-state index is 12.9. The topological polar surface area (TPSA) is 75.9 Å². The van der Waals surface area contributed by atoms with Gasteiger partial charge < -0.3 is 10.2 Å². The minimum Gasteiger partial charge on any atom is -0.339 e. The standard InChI is InChI=1S/C16H20N6O/c23-15(21-9-6-16(7-10-21)5-8-17-11-16)13-3-1-2-4-14(13)22-12-18-19-20-22/h1-4,12,17H,5-11H2. The van der Waals surface area contributed by atoms with Gasteiger partial charge in [0.25, 0.3) is 5.91 Å². The molecule has 2 aliphatic rings. The molecule has 4 rings (SSSR count). The lowest BCUT2D eigenvalue weighted by Crippen LogP contribution is -2.44. The van der Waals surface area contributed by atoms with Gasteiger partial charge in [0.2, 0.25) is 0 Å². The van der Waals surface area contributed by atoms with Crippen molar-refractivity contribution < 1.29 is 4.79 Å². The summed E-state index contributed by atoms with van der Waals surface area (Å²) in [5.74, 6) is 0.0666. The number of nitrogens with one attached hydrogen (secondary N) is 1. The van der Waals surface area contributed by atoms with Crippen molar-refractivity contribution in [1.29, 1.82) is 0 Å². The zero-order valence-electron chi connectivity index (χ0n) is 13.0. The molecule has 2 aliphatic heterocycles. The molecule has 1 N–H and O–H groups in total. The highest BCUT2D eigenvalue weighted by Gasteiger charge is 2.38. The molecular formula is C16H20N6O. The van der Waals surface area contributed by atoms with Gasteiger partial charge in [-0.2, -0.15) is 4.68 Å². The van der Waals surface area contributed by atoms with Crippen molar-refractivity contribution in [1.82, 2.24) is 30.4 Å². The smallest absolute Gasteiger partial charge is 0.256 e. The number of carbonyl (C=O) groups excluding carboxylic acids is 1. The number of benzene rings is 1. The molecule has 0 aliphatic carbocycles. The summed E-state index contributed by atoms with van der Waals surface area (Å²) in [7, 11) is 0. The molecule has 7 heteroatoms. The first-order valence-corrected chi connectivity index (χ1v) is 8.10. The Morgan fingerprint density at radius 3 is 2.70 bits per heavy atom. The molecule has 3 heterocycles. The lowest BCUT2D eigenvalue weighted by molar-refractivity contribution is 0.0607. The number of likely N-dealkylation sites (tertiary alicyclic amines) is 1. The van der Waals surface area contributed by atoms with Gasteiger partial charge in [0.15, 0.2) is 0 Å². The van der Waals surface area contributed by atoms with E-state index < -0.39 is 0 Å². The summed E-state index contributed by atoms with van der Waals surface area (Å²) in [4.78, 5) is 14.9. The predicted molar refractivity (Wildman–Crippen MR) is 84.2 cm³/mol. The number of rotatable bonds is 2. The number of tetrazole rings is 1. The number of para-hydroxylation sites is 1. The summed E-state index contributed by atoms with van der Waals surface area (Å²) in [6.07, 6.45) is 4.91. The van der Waals surface area contributed by atoms with Crippen molar-refractivity contribution in [3.63, 3.8) is 0 Å². The van der Waals surface area contributed by atoms with E-state index in [-0.39, 0.29) is 5.91 Å². The van der Waals surface area contributed by atoms with Crippen molar-refractivity contribution >= 4 is 5.91 Å². The fraction of sp³-hybridized carbons (Fsp3) is 0.500. The number of carbonyl (C=O) groups is 1. The van der Waals surface area contributed by atoms with Gasteiger partial charge in [-0.15, -0.1) is 5.10 Å². The zero-order valence-corrected chi connectivity index (χ0v) is 13.0. The van der Waals surface area contributed by atoms with Gasteiger partial charge in [0.1, 0.15) is 6.33 Å². The van der Waals surface area contributed by atoms with Crippen LogP contribution >= 0.6 is 0 Å². The van der Waals surface area contributed by atoms with Gasteiger partial charge in [-0.1, -0.05) is 12.1 Å². The third kappa shape index (κ3) is 2.61. The van der Waals surface area contributed by atoms with Gasteiger partial charge in [0, 0.05) is 19.6 Å². The Morgan fingerprint density at radius 1 is 1.17 bits per heavy atom. The SMILES string of the molecule is O=C(c1ccccc1-n1cnnn1)N1CCC2(CCNC2)CC1. The zero-order chi connectivity index (χ0) is 15.7. The normalized spacial score (nSPS) is 20.1. The second-order valence-corrected chi connectivity index (χ2v) is 6.49. The van der Waals surface area contributed by atoms with Gasteiger partial charge in [-0.3, -0.25) is 4.79 Å². The highest BCUT2D eigenvalue weighted by atomic mass is 16.2. The van der Waals surface area contributed by atoms with Crippen molar-refractivity contribution in [3.05, 3.63) is 36.2 Å². The third-order valence-corrected chi connectivity index (χ3v) is 5.17. The van der Waals surface area contributed by atoms with E-state index >= 15 is 0 Å². The molecule has 23 heavy (non-hydrogen) atoms.